The third-order valence-electron chi connectivity index (χ3n) is 5.39. The van der Waals surface area contributed by atoms with Crippen molar-refractivity contribution in [1.29, 1.82) is 0 Å². The fourth-order valence-corrected chi connectivity index (χ4v) is 5.09. The number of nitroso groups, excluding NO2 is 1. The van der Waals surface area contributed by atoms with Crippen LogP contribution in [0, 0.1) is 4.91 Å². The van der Waals surface area contributed by atoms with Gasteiger partial charge in [0.15, 0.2) is 4.90 Å². The van der Waals surface area contributed by atoms with Gasteiger partial charge in [0.25, 0.3) is 21.3 Å². The minimum Gasteiger partial charge on any atom is -0.279 e. The monoisotopic (exact) mass is 471 g/mol. The van der Waals surface area contributed by atoms with E-state index in [0.29, 0.717) is 16.6 Å². The normalized spacial score (nSPS) is 11.4. The number of sulfonamides is 1. The zero-order valence-corrected chi connectivity index (χ0v) is 18.6. The lowest BCUT2D eigenvalue weighted by molar-refractivity contribution is -0.382. The quantitative estimate of drug-likeness (QED) is 0.397. The Labute approximate surface area is 194 Å². The van der Waals surface area contributed by atoms with Crippen molar-refractivity contribution < 1.29 is 13.6 Å². The number of benzene rings is 4. The van der Waals surface area contributed by atoms with Crippen LogP contribution in [0.3, 0.4) is 0 Å². The van der Waals surface area contributed by atoms with Gasteiger partial charge < -0.3 is 0 Å². The molecular weight excluding hydrogens is 452 g/mol. The first-order valence-electron chi connectivity index (χ1n) is 10.4. The summed E-state index contributed by atoms with van der Waals surface area (Å²) in [6.45, 7) is 0. The number of fused-ring (bicyclic) bond motifs is 1. The van der Waals surface area contributed by atoms with E-state index in [1.165, 1.54) is 24.3 Å². The van der Waals surface area contributed by atoms with Gasteiger partial charge in [0.05, 0.1) is 22.3 Å². The van der Waals surface area contributed by atoms with Gasteiger partial charge in [-0.05, 0) is 48.5 Å². The highest BCUT2D eigenvalue weighted by Crippen LogP contribution is 2.25. The molecule has 5 aromatic rings. The predicted molar refractivity (Wildman–Crippen MR) is 130 cm³/mol. The molecule has 0 unspecified atom stereocenters. The highest BCUT2D eigenvalue weighted by Gasteiger charge is 2.23. The molecule has 34 heavy (non-hydrogen) atoms. The second kappa shape index (κ2) is 8.45. The molecular formula is C25H19N4O4S+. The molecule has 1 aromatic heterocycles. The van der Waals surface area contributed by atoms with Gasteiger partial charge in [0, 0.05) is 21.8 Å². The van der Waals surface area contributed by atoms with Gasteiger partial charge in [-0.2, -0.15) is 0 Å². The van der Waals surface area contributed by atoms with Crippen LogP contribution in [-0.4, -0.2) is 17.8 Å². The van der Waals surface area contributed by atoms with Crippen LogP contribution >= 0.6 is 0 Å². The zero-order chi connectivity index (χ0) is 23.7. The summed E-state index contributed by atoms with van der Waals surface area (Å²) >= 11 is 0. The smallest absolute Gasteiger partial charge is 0.279 e. The van der Waals surface area contributed by atoms with Crippen molar-refractivity contribution in [3.63, 3.8) is 0 Å². The minimum atomic E-state index is -4.07. The molecule has 5 rings (SSSR count). The van der Waals surface area contributed by atoms with Crippen LogP contribution in [0.4, 0.5) is 11.4 Å². The van der Waals surface area contributed by atoms with E-state index in [-0.39, 0.29) is 21.8 Å². The topological polar surface area (TPSA) is 104 Å². The summed E-state index contributed by atoms with van der Waals surface area (Å²) < 4.78 is 31.7. The first kappa shape index (κ1) is 21.4. The Morgan fingerprint density at radius 3 is 1.94 bits per heavy atom. The zero-order valence-electron chi connectivity index (χ0n) is 17.8. The van der Waals surface area contributed by atoms with Crippen molar-refractivity contribution in [3.8, 4) is 11.4 Å². The molecule has 0 radical (unpaired) electrons. The lowest BCUT2D eigenvalue weighted by atomic mass is 10.2. The highest BCUT2D eigenvalue weighted by atomic mass is 32.2. The molecule has 0 aliphatic rings. The third-order valence-corrected chi connectivity index (χ3v) is 6.83. The summed E-state index contributed by atoms with van der Waals surface area (Å²) in [6.07, 6.45) is 0. The maximum atomic E-state index is 13.5. The number of rotatable bonds is 6. The summed E-state index contributed by atoms with van der Waals surface area (Å²) in [5, 5.41) is 1.98. The van der Waals surface area contributed by atoms with E-state index >= 15 is 0 Å². The molecule has 9 heteroatoms. The molecule has 0 bridgehead atoms. The number of nitrogens with one attached hydrogen (secondary N) is 2. The maximum Gasteiger partial charge on any atom is 0.279 e. The lowest BCUT2D eigenvalue weighted by Crippen LogP contribution is -2.56. The van der Waals surface area contributed by atoms with E-state index in [1.807, 2.05) is 60.7 Å². The van der Waals surface area contributed by atoms with E-state index in [0.717, 1.165) is 5.69 Å². The van der Waals surface area contributed by atoms with Crippen LogP contribution in [0.25, 0.3) is 22.3 Å². The van der Waals surface area contributed by atoms with Crippen molar-refractivity contribution in [3.05, 3.63) is 118 Å². The number of hydrogen-bond acceptors (Lipinski definition) is 4. The van der Waals surface area contributed by atoms with Gasteiger partial charge >= 0.3 is 0 Å². The highest BCUT2D eigenvalue weighted by molar-refractivity contribution is 7.92. The third kappa shape index (κ3) is 3.67. The molecule has 0 saturated heterocycles. The van der Waals surface area contributed by atoms with E-state index in [2.05, 4.69) is 4.72 Å². The Bertz CT molecular complexity index is 1680. The van der Waals surface area contributed by atoms with Crippen molar-refractivity contribution >= 4 is 32.3 Å². The maximum absolute atomic E-state index is 13.5. The first-order valence-corrected chi connectivity index (χ1v) is 11.9. The molecule has 4 aromatic carbocycles. The summed E-state index contributed by atoms with van der Waals surface area (Å²) in [4.78, 5) is 24.5. The number of para-hydroxylation sites is 3. The summed E-state index contributed by atoms with van der Waals surface area (Å²) in [7, 11) is -4.07. The Morgan fingerprint density at radius 1 is 0.706 bits per heavy atom. The number of anilines is 1. The second-order valence-electron chi connectivity index (χ2n) is 7.54. The van der Waals surface area contributed by atoms with Gasteiger partial charge in [0.1, 0.15) is 0 Å². The number of nitrogens with zero attached hydrogens (tertiary/aromatic N) is 2. The molecule has 0 aliphatic heterocycles. The SMILES string of the molecule is O=[NH+]c1ccccc1S(=O)(=O)Nc1ccc2c(c1)c(=O)n(-c1ccccc1)n2-c1ccccc1. The average Bonchev–Trinajstić information content (AvgIpc) is 3.16. The van der Waals surface area contributed by atoms with Crippen molar-refractivity contribution in [1.82, 2.24) is 9.36 Å². The Kier molecular flexibility index (Phi) is 5.31. The van der Waals surface area contributed by atoms with Crippen LogP contribution < -0.4 is 15.5 Å². The number of hydrogen-bond donors (Lipinski definition) is 2. The van der Waals surface area contributed by atoms with Crippen molar-refractivity contribution in [2.45, 2.75) is 4.90 Å². The molecule has 2 N–H and O–H groups in total. The largest absolute Gasteiger partial charge is 0.279 e. The molecule has 0 saturated carbocycles. The van der Waals surface area contributed by atoms with Gasteiger partial charge in [-0.3, -0.25) is 9.52 Å². The van der Waals surface area contributed by atoms with Crippen LogP contribution in [0.1, 0.15) is 0 Å². The minimum absolute atomic E-state index is 0.0715. The Balaban J connectivity index is 1.68. The first-order chi connectivity index (χ1) is 16.5. The molecule has 0 atom stereocenters. The van der Waals surface area contributed by atoms with E-state index in [9.17, 15) is 18.1 Å². The van der Waals surface area contributed by atoms with Crippen LogP contribution in [0.5, 0.6) is 0 Å². The molecule has 0 fully saturated rings. The second-order valence-corrected chi connectivity index (χ2v) is 9.19. The number of aromatic nitrogens is 2. The van der Waals surface area contributed by atoms with Gasteiger partial charge in [0.2, 0.25) is 0 Å². The molecule has 0 amide bonds. The van der Waals surface area contributed by atoms with Crippen LogP contribution in [0.15, 0.2) is 113 Å². The van der Waals surface area contributed by atoms with E-state index in [4.69, 9.17) is 0 Å². The van der Waals surface area contributed by atoms with E-state index in [1.54, 1.807) is 32.7 Å². The molecule has 8 nitrogen and oxygen atoms in total. The lowest BCUT2D eigenvalue weighted by Gasteiger charge is -2.13. The summed E-state index contributed by atoms with van der Waals surface area (Å²) in [5.74, 6) is 0. The summed E-state index contributed by atoms with van der Waals surface area (Å²) in [6, 6.07) is 29.2. The standard InChI is InChI=1S/C25H18N4O4S/c30-25-21-17-18(27-34(32,33)24-14-8-7-13-22(24)26-31)15-16-23(21)28(19-9-3-1-4-10-19)29(25)20-11-5-2-6-12-20/h1-17,27H/p+1. The fourth-order valence-electron chi connectivity index (χ4n) is 3.89. The fraction of sp³-hybridized carbons (Fsp3) is 0. The predicted octanol–water partition coefficient (Wildman–Crippen LogP) is 3.06. The average molecular weight is 472 g/mol. The van der Waals surface area contributed by atoms with Crippen LogP contribution in [-0.2, 0) is 10.0 Å². The Morgan fingerprint density at radius 2 is 1.29 bits per heavy atom. The molecule has 1 heterocycles. The van der Waals surface area contributed by atoms with Gasteiger partial charge in [-0.15, -0.1) is 0 Å². The van der Waals surface area contributed by atoms with Gasteiger partial charge in [-0.1, -0.05) is 48.5 Å². The van der Waals surface area contributed by atoms with Crippen molar-refractivity contribution in [2.75, 3.05) is 4.72 Å². The summed E-state index contributed by atoms with van der Waals surface area (Å²) in [5.41, 5.74) is 1.90. The molecule has 0 aliphatic carbocycles. The Hall–Kier alpha value is -4.50. The molecule has 168 valence electrons. The van der Waals surface area contributed by atoms with Crippen LogP contribution in [0.2, 0.25) is 0 Å². The molecule has 0 spiro atoms. The van der Waals surface area contributed by atoms with E-state index < -0.39 is 10.0 Å². The van der Waals surface area contributed by atoms with Gasteiger partial charge in [-0.25, -0.2) is 17.8 Å². The van der Waals surface area contributed by atoms with Crippen molar-refractivity contribution in [2.24, 2.45) is 0 Å².